The molecule has 0 amide bonds. The lowest BCUT2D eigenvalue weighted by molar-refractivity contribution is -0.152. The van der Waals surface area contributed by atoms with Crippen LogP contribution in [0.15, 0.2) is 12.7 Å². The highest BCUT2D eigenvalue weighted by atomic mass is 31.1. The van der Waals surface area contributed by atoms with Crippen LogP contribution >= 0.6 is 8.03 Å². The molecular weight excluding hydrogens is 167 g/mol. The lowest BCUT2D eigenvalue weighted by Gasteiger charge is -2.05. The highest BCUT2D eigenvalue weighted by Crippen LogP contribution is 2.63. The SMILES string of the molecule is C=CC(=O)OC1(CC)O[PH]1=O. The minimum atomic E-state index is -2.12. The molecule has 11 heavy (non-hydrogen) atoms. The van der Waals surface area contributed by atoms with Crippen LogP contribution in [-0.4, -0.2) is 11.5 Å². The van der Waals surface area contributed by atoms with Gasteiger partial charge in [-0.3, -0.25) is 9.09 Å². The van der Waals surface area contributed by atoms with E-state index in [2.05, 4.69) is 11.1 Å². The first-order valence-electron chi connectivity index (χ1n) is 3.23. The van der Waals surface area contributed by atoms with Gasteiger partial charge in [-0.25, -0.2) is 4.79 Å². The summed E-state index contributed by atoms with van der Waals surface area (Å²) in [5.41, 5.74) is -1.10. The number of ether oxygens (including phenoxy) is 1. The van der Waals surface area contributed by atoms with Gasteiger partial charge in [0.15, 0.2) is 0 Å². The highest BCUT2D eigenvalue weighted by Gasteiger charge is 2.57. The average Bonchev–Trinajstić information content (AvgIpc) is 2.62. The summed E-state index contributed by atoms with van der Waals surface area (Å²) in [7, 11) is -2.12. The molecule has 2 unspecified atom stereocenters. The van der Waals surface area contributed by atoms with Crippen molar-refractivity contribution >= 4 is 14.0 Å². The molecule has 1 aliphatic heterocycles. The summed E-state index contributed by atoms with van der Waals surface area (Å²) in [6.45, 7) is 4.95. The van der Waals surface area contributed by atoms with Crippen molar-refractivity contribution in [3.8, 4) is 0 Å². The first-order valence-corrected chi connectivity index (χ1v) is 4.55. The standard InChI is InChI=1S/C6H9O4P/c1-3-5(7)9-6(4-2)10-11(6)8/h3,11H,1,4H2,2H3. The minimum absolute atomic E-state index is 0.421. The van der Waals surface area contributed by atoms with Crippen LogP contribution in [0.3, 0.4) is 0 Å². The number of hydrogen-bond acceptors (Lipinski definition) is 4. The summed E-state index contributed by atoms with van der Waals surface area (Å²) in [5, 5.41) is 0. The topological polar surface area (TPSA) is 55.9 Å². The third kappa shape index (κ3) is 1.52. The average molecular weight is 176 g/mol. The molecule has 0 spiro atoms. The Labute approximate surface area is 65.0 Å². The molecule has 4 nitrogen and oxygen atoms in total. The van der Waals surface area contributed by atoms with Gasteiger partial charge in [-0.1, -0.05) is 13.5 Å². The van der Waals surface area contributed by atoms with Gasteiger partial charge >= 0.3 is 5.97 Å². The van der Waals surface area contributed by atoms with Gasteiger partial charge < -0.3 is 4.74 Å². The van der Waals surface area contributed by atoms with Crippen molar-refractivity contribution in [3.05, 3.63) is 12.7 Å². The monoisotopic (exact) mass is 176 g/mol. The maximum absolute atomic E-state index is 10.7. The van der Waals surface area contributed by atoms with E-state index in [1.165, 1.54) is 0 Å². The van der Waals surface area contributed by atoms with E-state index in [1.807, 2.05) is 0 Å². The van der Waals surface area contributed by atoms with Crippen molar-refractivity contribution in [2.24, 2.45) is 0 Å². The van der Waals surface area contributed by atoms with Crippen LogP contribution in [0.1, 0.15) is 13.3 Å². The van der Waals surface area contributed by atoms with Crippen molar-refractivity contribution in [2.45, 2.75) is 18.9 Å². The molecule has 0 aromatic carbocycles. The zero-order chi connectivity index (χ0) is 8.48. The van der Waals surface area contributed by atoms with Gasteiger partial charge in [-0.05, 0) is 0 Å². The molecule has 1 rings (SSSR count). The molecular formula is C6H9O4P. The molecule has 5 heteroatoms. The van der Waals surface area contributed by atoms with E-state index in [-0.39, 0.29) is 0 Å². The maximum Gasteiger partial charge on any atom is 0.333 e. The van der Waals surface area contributed by atoms with Crippen LogP contribution in [0.2, 0.25) is 0 Å². The summed E-state index contributed by atoms with van der Waals surface area (Å²) in [4.78, 5) is 10.6. The Kier molecular flexibility index (Phi) is 2.16. The first-order chi connectivity index (χ1) is 5.14. The van der Waals surface area contributed by atoms with Crippen LogP contribution in [0.25, 0.3) is 0 Å². The zero-order valence-electron chi connectivity index (χ0n) is 6.12. The molecule has 1 aliphatic rings. The maximum atomic E-state index is 10.7. The number of hydrogen-bond donors (Lipinski definition) is 0. The van der Waals surface area contributed by atoms with Crippen LogP contribution in [-0.2, 0) is 18.6 Å². The molecule has 0 aliphatic carbocycles. The molecule has 1 fully saturated rings. The molecule has 62 valence electrons. The molecule has 2 atom stereocenters. The Bertz CT molecular complexity index is 225. The predicted molar refractivity (Wildman–Crippen MR) is 39.4 cm³/mol. The van der Waals surface area contributed by atoms with E-state index in [1.54, 1.807) is 6.92 Å². The van der Waals surface area contributed by atoms with Crippen LogP contribution in [0.4, 0.5) is 0 Å². The normalized spacial score (nSPS) is 34.5. The highest BCUT2D eigenvalue weighted by molar-refractivity contribution is 7.47. The largest absolute Gasteiger partial charge is 0.420 e. The van der Waals surface area contributed by atoms with Crippen LogP contribution in [0.5, 0.6) is 0 Å². The van der Waals surface area contributed by atoms with Gasteiger partial charge in [0, 0.05) is 12.5 Å². The second-order valence-electron chi connectivity index (χ2n) is 2.12. The van der Waals surface area contributed by atoms with E-state index < -0.39 is 19.5 Å². The van der Waals surface area contributed by atoms with Crippen molar-refractivity contribution in [2.75, 3.05) is 0 Å². The Morgan fingerprint density at radius 3 is 2.73 bits per heavy atom. The second kappa shape index (κ2) is 2.80. The van der Waals surface area contributed by atoms with E-state index in [0.29, 0.717) is 6.42 Å². The van der Waals surface area contributed by atoms with E-state index in [9.17, 15) is 9.36 Å². The minimum Gasteiger partial charge on any atom is -0.420 e. The molecule has 1 saturated heterocycles. The molecule has 0 bridgehead atoms. The second-order valence-corrected chi connectivity index (χ2v) is 3.66. The Morgan fingerprint density at radius 2 is 2.45 bits per heavy atom. The zero-order valence-corrected chi connectivity index (χ0v) is 7.12. The molecule has 0 aromatic heterocycles. The number of rotatable bonds is 3. The molecule has 0 saturated carbocycles. The number of esters is 1. The molecule has 0 aromatic rings. The predicted octanol–water partition coefficient (Wildman–Crippen LogP) is 1.28. The van der Waals surface area contributed by atoms with E-state index >= 15 is 0 Å². The third-order valence-corrected chi connectivity index (χ3v) is 2.93. The van der Waals surface area contributed by atoms with Gasteiger partial charge in [0.25, 0.3) is 13.6 Å². The number of carbonyl (C=O) groups is 1. The van der Waals surface area contributed by atoms with Crippen molar-refractivity contribution < 1.29 is 18.6 Å². The summed E-state index contributed by atoms with van der Waals surface area (Å²) in [5.74, 6) is -0.595. The smallest absolute Gasteiger partial charge is 0.333 e. The van der Waals surface area contributed by atoms with E-state index in [4.69, 9.17) is 4.74 Å². The Morgan fingerprint density at radius 1 is 1.91 bits per heavy atom. The fourth-order valence-corrected chi connectivity index (χ4v) is 1.71. The quantitative estimate of drug-likeness (QED) is 0.281. The lowest BCUT2D eigenvalue weighted by atomic mass is 10.5. The van der Waals surface area contributed by atoms with Crippen molar-refractivity contribution in [3.63, 3.8) is 0 Å². The van der Waals surface area contributed by atoms with Crippen LogP contribution in [0, 0.1) is 0 Å². The Balaban J connectivity index is 2.54. The van der Waals surface area contributed by atoms with Gasteiger partial charge in [0.05, 0.1) is 0 Å². The summed E-state index contributed by atoms with van der Waals surface area (Å²) < 4.78 is 20.1. The summed E-state index contributed by atoms with van der Waals surface area (Å²) in [6.07, 6.45) is 1.44. The first kappa shape index (κ1) is 8.50. The van der Waals surface area contributed by atoms with Crippen molar-refractivity contribution in [1.29, 1.82) is 0 Å². The van der Waals surface area contributed by atoms with Gasteiger partial charge in [0.1, 0.15) is 0 Å². The molecule has 0 N–H and O–H groups in total. The van der Waals surface area contributed by atoms with Gasteiger partial charge in [-0.2, -0.15) is 0 Å². The number of carbonyl (C=O) groups excluding carboxylic acids is 1. The summed E-state index contributed by atoms with van der Waals surface area (Å²) >= 11 is 0. The van der Waals surface area contributed by atoms with E-state index in [0.717, 1.165) is 6.08 Å². The fraction of sp³-hybridized carbons (Fsp3) is 0.500. The third-order valence-electron chi connectivity index (χ3n) is 1.42. The van der Waals surface area contributed by atoms with Gasteiger partial charge in [0.2, 0.25) is 0 Å². The van der Waals surface area contributed by atoms with Crippen LogP contribution < -0.4 is 0 Å². The Hall–Kier alpha value is -0.600. The van der Waals surface area contributed by atoms with Gasteiger partial charge in [-0.15, -0.1) is 0 Å². The van der Waals surface area contributed by atoms with Crippen molar-refractivity contribution in [1.82, 2.24) is 0 Å². The molecule has 1 heterocycles. The molecule has 0 radical (unpaired) electrons. The summed E-state index contributed by atoms with van der Waals surface area (Å²) in [6, 6.07) is 0. The lowest BCUT2D eigenvalue weighted by Crippen LogP contribution is -2.16. The fourth-order valence-electron chi connectivity index (χ4n) is 0.680.